The number of nitriles is 2. The molecule has 13 heavy (non-hydrogen) atoms. The number of nitrogens with zero attached hydrogens (tertiary/aromatic N) is 2. The number of hydrogen-bond donors (Lipinski definition) is 0. The van der Waals surface area contributed by atoms with Gasteiger partial charge in [0.2, 0.25) is 0 Å². The van der Waals surface area contributed by atoms with Crippen molar-refractivity contribution in [3.8, 4) is 12.1 Å². The van der Waals surface area contributed by atoms with Crippen molar-refractivity contribution in [2.75, 3.05) is 0 Å². The standard InChI is InChI=1S/C10H7FN2/c11-10-3-1-8(2-4-10)9(7-13)5-6-12/h1-4,9H,5H2/t9-/m1/s1. The van der Waals surface area contributed by atoms with Gasteiger partial charge in [0, 0.05) is 0 Å². The van der Waals surface area contributed by atoms with Crippen LogP contribution in [0.5, 0.6) is 0 Å². The molecule has 0 bridgehead atoms. The summed E-state index contributed by atoms with van der Waals surface area (Å²) in [5.74, 6) is -0.789. The van der Waals surface area contributed by atoms with Crippen LogP contribution in [0.2, 0.25) is 0 Å². The lowest BCUT2D eigenvalue weighted by atomic mass is 9.98. The minimum Gasteiger partial charge on any atom is -0.207 e. The molecule has 0 spiro atoms. The molecule has 3 heteroatoms. The maximum absolute atomic E-state index is 12.5. The molecule has 0 fully saturated rings. The Balaban J connectivity index is 2.89. The number of rotatable bonds is 2. The van der Waals surface area contributed by atoms with Crippen LogP contribution in [0.25, 0.3) is 0 Å². The van der Waals surface area contributed by atoms with Crippen LogP contribution >= 0.6 is 0 Å². The maximum atomic E-state index is 12.5. The quantitative estimate of drug-likeness (QED) is 0.690. The summed E-state index contributed by atoms with van der Waals surface area (Å²) in [7, 11) is 0. The first-order valence-electron chi connectivity index (χ1n) is 3.80. The second-order valence-electron chi connectivity index (χ2n) is 2.60. The molecular formula is C10H7FN2. The van der Waals surface area contributed by atoms with Gasteiger partial charge in [0.05, 0.1) is 24.5 Å². The molecule has 0 heterocycles. The molecule has 0 aliphatic rings. The van der Waals surface area contributed by atoms with E-state index in [1.807, 2.05) is 12.1 Å². The van der Waals surface area contributed by atoms with Gasteiger partial charge in [-0.15, -0.1) is 0 Å². The third kappa shape index (κ3) is 2.28. The van der Waals surface area contributed by atoms with E-state index in [9.17, 15) is 4.39 Å². The minimum absolute atomic E-state index is 0.141. The average Bonchev–Trinajstić information content (AvgIpc) is 2.16. The van der Waals surface area contributed by atoms with Gasteiger partial charge >= 0.3 is 0 Å². The topological polar surface area (TPSA) is 47.6 Å². The Morgan fingerprint density at radius 3 is 2.31 bits per heavy atom. The third-order valence-corrected chi connectivity index (χ3v) is 1.72. The molecule has 0 saturated heterocycles. The monoisotopic (exact) mass is 174 g/mol. The van der Waals surface area contributed by atoms with Gasteiger partial charge in [-0.25, -0.2) is 4.39 Å². The van der Waals surface area contributed by atoms with Gasteiger partial charge in [-0.2, -0.15) is 10.5 Å². The summed E-state index contributed by atoms with van der Waals surface area (Å²) in [6.45, 7) is 0. The number of benzene rings is 1. The Bertz CT molecular complexity index is 356. The summed E-state index contributed by atoms with van der Waals surface area (Å²) < 4.78 is 12.5. The van der Waals surface area contributed by atoms with Gasteiger partial charge in [0.25, 0.3) is 0 Å². The van der Waals surface area contributed by atoms with Crippen LogP contribution in [-0.4, -0.2) is 0 Å². The second kappa shape index (κ2) is 4.23. The van der Waals surface area contributed by atoms with E-state index in [-0.39, 0.29) is 12.2 Å². The summed E-state index contributed by atoms with van der Waals surface area (Å²) in [6, 6.07) is 9.54. The summed E-state index contributed by atoms with van der Waals surface area (Å²) in [5, 5.41) is 17.1. The lowest BCUT2D eigenvalue weighted by Crippen LogP contribution is -1.93. The van der Waals surface area contributed by atoms with Crippen LogP contribution in [0.4, 0.5) is 4.39 Å². The van der Waals surface area contributed by atoms with E-state index in [1.54, 1.807) is 0 Å². The second-order valence-corrected chi connectivity index (χ2v) is 2.60. The fourth-order valence-corrected chi connectivity index (χ4v) is 1.02. The van der Waals surface area contributed by atoms with Gasteiger partial charge in [-0.3, -0.25) is 0 Å². The molecule has 2 nitrogen and oxygen atoms in total. The largest absolute Gasteiger partial charge is 0.207 e. The van der Waals surface area contributed by atoms with Crippen molar-refractivity contribution >= 4 is 0 Å². The molecule has 1 rings (SSSR count). The molecule has 0 unspecified atom stereocenters. The highest BCUT2D eigenvalue weighted by Crippen LogP contribution is 2.18. The van der Waals surface area contributed by atoms with Crippen LogP contribution in [-0.2, 0) is 0 Å². The highest BCUT2D eigenvalue weighted by Gasteiger charge is 2.09. The highest BCUT2D eigenvalue weighted by molar-refractivity contribution is 5.26. The van der Waals surface area contributed by atoms with Crippen molar-refractivity contribution in [3.05, 3.63) is 35.6 Å². The molecular weight excluding hydrogens is 167 g/mol. The zero-order valence-corrected chi connectivity index (χ0v) is 6.87. The predicted octanol–water partition coefficient (Wildman–Crippen LogP) is 2.35. The molecule has 0 saturated carbocycles. The van der Waals surface area contributed by atoms with Crippen molar-refractivity contribution in [2.24, 2.45) is 0 Å². The molecule has 64 valence electrons. The fourth-order valence-electron chi connectivity index (χ4n) is 1.02. The Morgan fingerprint density at radius 1 is 1.23 bits per heavy atom. The van der Waals surface area contributed by atoms with E-state index in [0.717, 1.165) is 0 Å². The Morgan fingerprint density at radius 2 is 1.85 bits per heavy atom. The van der Waals surface area contributed by atoms with Crippen LogP contribution in [0.15, 0.2) is 24.3 Å². The molecule has 0 aliphatic heterocycles. The van der Waals surface area contributed by atoms with Crippen LogP contribution in [0.1, 0.15) is 17.9 Å². The van der Waals surface area contributed by atoms with Crippen molar-refractivity contribution in [1.82, 2.24) is 0 Å². The fraction of sp³-hybridized carbons (Fsp3) is 0.200. The lowest BCUT2D eigenvalue weighted by Gasteiger charge is -2.03. The minimum atomic E-state index is -0.453. The van der Waals surface area contributed by atoms with Gasteiger partial charge < -0.3 is 0 Å². The van der Waals surface area contributed by atoms with E-state index in [0.29, 0.717) is 5.56 Å². The maximum Gasteiger partial charge on any atom is 0.123 e. The summed E-state index contributed by atoms with van der Waals surface area (Å²) in [6.07, 6.45) is 0.141. The van der Waals surface area contributed by atoms with Crippen molar-refractivity contribution < 1.29 is 4.39 Å². The SMILES string of the molecule is N#CC[C@H](C#N)c1ccc(F)cc1. The average molecular weight is 174 g/mol. The normalized spacial score (nSPS) is 11.3. The number of halogens is 1. The van der Waals surface area contributed by atoms with Gasteiger partial charge in [-0.05, 0) is 17.7 Å². The Kier molecular flexibility index (Phi) is 3.00. The molecule has 1 atom stereocenters. The molecule has 0 radical (unpaired) electrons. The van der Waals surface area contributed by atoms with Crippen molar-refractivity contribution in [3.63, 3.8) is 0 Å². The molecule has 0 N–H and O–H groups in total. The summed E-state index contributed by atoms with van der Waals surface area (Å²) >= 11 is 0. The van der Waals surface area contributed by atoms with E-state index in [2.05, 4.69) is 0 Å². The Labute approximate surface area is 75.8 Å². The smallest absolute Gasteiger partial charge is 0.123 e. The summed E-state index contributed by atoms with van der Waals surface area (Å²) in [5.41, 5.74) is 0.686. The van der Waals surface area contributed by atoms with Crippen molar-refractivity contribution in [1.29, 1.82) is 10.5 Å². The zero-order chi connectivity index (χ0) is 9.68. The Hall–Kier alpha value is -1.87. The molecule has 0 amide bonds. The zero-order valence-electron chi connectivity index (χ0n) is 6.87. The van der Waals surface area contributed by atoms with E-state index in [4.69, 9.17) is 10.5 Å². The van der Waals surface area contributed by atoms with Gasteiger partial charge in [-0.1, -0.05) is 12.1 Å². The molecule has 0 aliphatic carbocycles. The van der Waals surface area contributed by atoms with Crippen molar-refractivity contribution in [2.45, 2.75) is 12.3 Å². The van der Waals surface area contributed by atoms with Crippen LogP contribution < -0.4 is 0 Å². The van der Waals surface area contributed by atoms with Gasteiger partial charge in [0.1, 0.15) is 5.82 Å². The first-order chi connectivity index (χ1) is 6.27. The molecule has 0 aromatic heterocycles. The predicted molar refractivity (Wildman–Crippen MR) is 45.0 cm³/mol. The first-order valence-corrected chi connectivity index (χ1v) is 3.80. The molecule has 1 aromatic carbocycles. The third-order valence-electron chi connectivity index (χ3n) is 1.72. The number of hydrogen-bond acceptors (Lipinski definition) is 2. The van der Waals surface area contributed by atoms with Crippen LogP contribution in [0.3, 0.4) is 0 Å². The summed E-state index contributed by atoms with van der Waals surface area (Å²) in [4.78, 5) is 0. The highest BCUT2D eigenvalue weighted by atomic mass is 19.1. The first kappa shape index (κ1) is 9.22. The lowest BCUT2D eigenvalue weighted by molar-refractivity contribution is 0.626. The molecule has 1 aromatic rings. The van der Waals surface area contributed by atoms with Crippen LogP contribution in [0, 0.1) is 28.5 Å². The van der Waals surface area contributed by atoms with E-state index in [1.165, 1.54) is 24.3 Å². The van der Waals surface area contributed by atoms with E-state index < -0.39 is 5.92 Å². The van der Waals surface area contributed by atoms with Gasteiger partial charge in [0.15, 0.2) is 0 Å². The van der Waals surface area contributed by atoms with E-state index >= 15 is 0 Å².